The van der Waals surface area contributed by atoms with Gasteiger partial charge in [0.2, 0.25) is 5.91 Å². The highest BCUT2D eigenvalue weighted by atomic mass is 32.1. The average molecular weight is 440 g/mol. The third-order valence-corrected chi connectivity index (χ3v) is 6.39. The molecular weight excluding hydrogens is 418 g/mol. The topological polar surface area (TPSA) is 71.1 Å². The van der Waals surface area contributed by atoms with E-state index in [4.69, 9.17) is 4.98 Å². The summed E-state index contributed by atoms with van der Waals surface area (Å²) in [6, 6.07) is 21.7. The lowest BCUT2D eigenvalue weighted by molar-refractivity contribution is -0.115. The maximum Gasteiger partial charge on any atom is 0.251 e. The van der Waals surface area contributed by atoms with Crippen LogP contribution in [0.4, 0.5) is 5.69 Å². The molecule has 4 aromatic rings. The quantitative estimate of drug-likeness (QED) is 0.448. The zero-order chi connectivity index (χ0) is 22.1. The van der Waals surface area contributed by atoms with Crippen LogP contribution in [-0.2, 0) is 17.8 Å². The van der Waals surface area contributed by atoms with Gasteiger partial charge in [0.1, 0.15) is 5.01 Å². The monoisotopic (exact) mass is 439 g/mol. The molecule has 0 radical (unpaired) electrons. The minimum atomic E-state index is -0.154. The van der Waals surface area contributed by atoms with Gasteiger partial charge in [0.15, 0.2) is 0 Å². The van der Waals surface area contributed by atoms with Gasteiger partial charge in [-0.3, -0.25) is 9.59 Å². The van der Waals surface area contributed by atoms with E-state index < -0.39 is 0 Å². The second kappa shape index (κ2) is 8.40. The zero-order valence-electron chi connectivity index (χ0n) is 17.5. The molecule has 1 aliphatic heterocycles. The summed E-state index contributed by atoms with van der Waals surface area (Å²) in [5.74, 6) is -0.192. The van der Waals surface area contributed by atoms with Crippen molar-refractivity contribution in [3.05, 3.63) is 94.4 Å². The van der Waals surface area contributed by atoms with Crippen LogP contribution in [0.15, 0.2) is 72.1 Å². The zero-order valence-corrected chi connectivity index (χ0v) is 18.3. The standard InChI is InChI=1S/C26H21N3O2S/c1-16-2-6-18(7-3-16)23-15-32-26(29-23)19-8-4-17(5-9-19)14-27-25(31)20-10-11-22-21(12-20)13-24(30)28-22/h2-12,15H,13-14H2,1H3,(H,27,31)(H,28,30). The van der Waals surface area contributed by atoms with E-state index in [1.165, 1.54) is 5.56 Å². The van der Waals surface area contributed by atoms with Crippen molar-refractivity contribution in [2.24, 2.45) is 0 Å². The Balaban J connectivity index is 1.23. The Bertz CT molecular complexity index is 1310. The summed E-state index contributed by atoms with van der Waals surface area (Å²) in [6.07, 6.45) is 0.320. The number of thiazole rings is 1. The van der Waals surface area contributed by atoms with Crippen LogP contribution in [0.25, 0.3) is 21.8 Å². The lowest BCUT2D eigenvalue weighted by atomic mass is 10.1. The Kier molecular flexibility index (Phi) is 5.29. The molecule has 32 heavy (non-hydrogen) atoms. The number of aryl methyl sites for hydroxylation is 1. The molecule has 1 aliphatic rings. The summed E-state index contributed by atoms with van der Waals surface area (Å²) >= 11 is 1.62. The lowest BCUT2D eigenvalue weighted by Gasteiger charge is -2.07. The molecule has 0 fully saturated rings. The number of nitrogens with zero attached hydrogens (tertiary/aromatic N) is 1. The van der Waals surface area contributed by atoms with E-state index in [2.05, 4.69) is 47.2 Å². The first-order valence-corrected chi connectivity index (χ1v) is 11.3. The molecule has 0 saturated heterocycles. The van der Waals surface area contributed by atoms with Crippen LogP contribution in [0.2, 0.25) is 0 Å². The van der Waals surface area contributed by atoms with Crippen molar-refractivity contribution in [2.45, 2.75) is 19.9 Å². The van der Waals surface area contributed by atoms with Crippen molar-refractivity contribution in [3.8, 4) is 21.8 Å². The number of carbonyl (C=O) groups is 2. The number of hydrogen-bond acceptors (Lipinski definition) is 4. The van der Waals surface area contributed by atoms with Crippen molar-refractivity contribution in [1.29, 1.82) is 0 Å². The molecule has 5 rings (SSSR count). The van der Waals surface area contributed by atoms with Gasteiger partial charge in [-0.15, -0.1) is 11.3 Å². The summed E-state index contributed by atoms with van der Waals surface area (Å²) in [7, 11) is 0. The van der Waals surface area contributed by atoms with Crippen LogP contribution >= 0.6 is 11.3 Å². The molecule has 0 unspecified atom stereocenters. The number of hydrogen-bond donors (Lipinski definition) is 2. The van der Waals surface area contributed by atoms with Crippen LogP contribution in [0.3, 0.4) is 0 Å². The van der Waals surface area contributed by atoms with Gasteiger partial charge in [-0.25, -0.2) is 4.98 Å². The van der Waals surface area contributed by atoms with Crippen LogP contribution in [-0.4, -0.2) is 16.8 Å². The highest BCUT2D eigenvalue weighted by Crippen LogP contribution is 2.29. The molecule has 0 spiro atoms. The van der Waals surface area contributed by atoms with Gasteiger partial charge < -0.3 is 10.6 Å². The fourth-order valence-electron chi connectivity index (χ4n) is 3.68. The molecule has 0 aliphatic carbocycles. The fraction of sp³-hybridized carbons (Fsp3) is 0.115. The first-order chi connectivity index (χ1) is 15.5. The van der Waals surface area contributed by atoms with Crippen LogP contribution in [0, 0.1) is 6.92 Å². The molecule has 0 saturated carbocycles. The SMILES string of the molecule is Cc1ccc(-c2csc(-c3ccc(CNC(=O)c4ccc5c(c4)CC(=O)N5)cc3)n2)cc1. The second-order valence-electron chi connectivity index (χ2n) is 7.88. The minimum absolute atomic E-state index is 0.0381. The van der Waals surface area contributed by atoms with Gasteiger partial charge in [-0.1, -0.05) is 54.1 Å². The summed E-state index contributed by atoms with van der Waals surface area (Å²) in [5, 5.41) is 8.77. The molecule has 5 nitrogen and oxygen atoms in total. The number of anilines is 1. The maximum atomic E-state index is 12.5. The highest BCUT2D eigenvalue weighted by molar-refractivity contribution is 7.13. The Morgan fingerprint density at radius 1 is 1.03 bits per heavy atom. The van der Waals surface area contributed by atoms with Gasteiger partial charge in [0, 0.05) is 34.3 Å². The van der Waals surface area contributed by atoms with Crippen molar-refractivity contribution < 1.29 is 9.59 Å². The Morgan fingerprint density at radius 3 is 2.56 bits per heavy atom. The van der Waals surface area contributed by atoms with Crippen LogP contribution < -0.4 is 10.6 Å². The highest BCUT2D eigenvalue weighted by Gasteiger charge is 2.19. The molecule has 158 valence electrons. The lowest BCUT2D eigenvalue weighted by Crippen LogP contribution is -2.22. The normalized spacial score (nSPS) is 12.3. The second-order valence-corrected chi connectivity index (χ2v) is 8.74. The molecule has 2 heterocycles. The van der Waals surface area contributed by atoms with E-state index >= 15 is 0 Å². The number of carbonyl (C=O) groups excluding carboxylic acids is 2. The first kappa shape index (κ1) is 20.2. The van der Waals surface area contributed by atoms with E-state index in [1.807, 2.05) is 24.3 Å². The first-order valence-electron chi connectivity index (χ1n) is 10.4. The number of fused-ring (bicyclic) bond motifs is 1. The fourth-order valence-corrected chi connectivity index (χ4v) is 4.52. The minimum Gasteiger partial charge on any atom is -0.348 e. The van der Waals surface area contributed by atoms with Gasteiger partial charge in [0.25, 0.3) is 5.91 Å². The van der Waals surface area contributed by atoms with Gasteiger partial charge in [0.05, 0.1) is 12.1 Å². The van der Waals surface area contributed by atoms with E-state index in [0.29, 0.717) is 18.5 Å². The van der Waals surface area contributed by atoms with E-state index in [1.54, 1.807) is 29.5 Å². The Morgan fingerprint density at radius 2 is 1.78 bits per heavy atom. The molecule has 3 aromatic carbocycles. The molecule has 2 N–H and O–H groups in total. The van der Waals surface area contributed by atoms with Crippen molar-refractivity contribution >= 4 is 28.8 Å². The number of aromatic nitrogens is 1. The van der Waals surface area contributed by atoms with Gasteiger partial charge in [-0.2, -0.15) is 0 Å². The number of benzene rings is 3. The number of amides is 2. The van der Waals surface area contributed by atoms with Crippen LogP contribution in [0.1, 0.15) is 27.0 Å². The molecule has 1 aromatic heterocycles. The van der Waals surface area contributed by atoms with E-state index in [9.17, 15) is 9.59 Å². The molecule has 2 amide bonds. The van der Waals surface area contributed by atoms with Crippen molar-refractivity contribution in [2.75, 3.05) is 5.32 Å². The molecular formula is C26H21N3O2S. The van der Waals surface area contributed by atoms with Crippen molar-refractivity contribution in [3.63, 3.8) is 0 Å². The predicted molar refractivity (Wildman–Crippen MR) is 128 cm³/mol. The summed E-state index contributed by atoms with van der Waals surface area (Å²) in [6.45, 7) is 2.51. The predicted octanol–water partition coefficient (Wildman–Crippen LogP) is 5.21. The maximum absolute atomic E-state index is 12.5. The Hall–Kier alpha value is -3.77. The molecule has 6 heteroatoms. The summed E-state index contributed by atoms with van der Waals surface area (Å²) < 4.78 is 0. The number of nitrogens with one attached hydrogen (secondary N) is 2. The summed E-state index contributed by atoms with van der Waals surface area (Å²) in [4.78, 5) is 28.8. The molecule has 0 bridgehead atoms. The van der Waals surface area contributed by atoms with Crippen molar-refractivity contribution in [1.82, 2.24) is 10.3 Å². The molecule has 0 atom stereocenters. The van der Waals surface area contributed by atoms with Gasteiger partial charge in [-0.05, 0) is 36.2 Å². The van der Waals surface area contributed by atoms with Crippen LogP contribution in [0.5, 0.6) is 0 Å². The van der Waals surface area contributed by atoms with E-state index in [-0.39, 0.29) is 11.8 Å². The number of rotatable bonds is 5. The average Bonchev–Trinajstić information content (AvgIpc) is 3.44. The van der Waals surface area contributed by atoms with Gasteiger partial charge >= 0.3 is 0 Å². The third kappa shape index (κ3) is 4.18. The largest absolute Gasteiger partial charge is 0.348 e. The third-order valence-electron chi connectivity index (χ3n) is 5.50. The summed E-state index contributed by atoms with van der Waals surface area (Å²) in [5.41, 5.74) is 7.60. The Labute approximate surface area is 190 Å². The smallest absolute Gasteiger partial charge is 0.251 e. The van der Waals surface area contributed by atoms with E-state index in [0.717, 1.165) is 38.6 Å².